The van der Waals surface area contributed by atoms with E-state index in [9.17, 15) is 0 Å². The average Bonchev–Trinajstić information content (AvgIpc) is 2.40. The monoisotopic (exact) mass is 241 g/mol. The van der Waals surface area contributed by atoms with Crippen LogP contribution in [0.5, 0.6) is 5.75 Å². The van der Waals surface area contributed by atoms with Gasteiger partial charge in [-0.25, -0.2) is 0 Å². The molecule has 0 aliphatic carbocycles. The summed E-state index contributed by atoms with van der Waals surface area (Å²) in [7, 11) is 1.69. The Morgan fingerprint density at radius 2 is 1.83 bits per heavy atom. The van der Waals surface area contributed by atoms with Gasteiger partial charge < -0.3 is 10.1 Å². The van der Waals surface area contributed by atoms with Crippen molar-refractivity contribution in [2.45, 2.75) is 13.3 Å². The highest BCUT2D eigenvalue weighted by Crippen LogP contribution is 2.13. The number of hydrogen-bond acceptors (Lipinski definition) is 2. The Morgan fingerprint density at radius 1 is 1.06 bits per heavy atom. The highest BCUT2D eigenvalue weighted by atomic mass is 16.5. The maximum Gasteiger partial charge on any atom is 0.118 e. The van der Waals surface area contributed by atoms with Gasteiger partial charge in [-0.15, -0.1) is 0 Å². The summed E-state index contributed by atoms with van der Waals surface area (Å²) in [6.07, 6.45) is 1.01. The maximum atomic E-state index is 5.14. The molecule has 0 fully saturated rings. The second-order valence-corrected chi connectivity index (χ2v) is 4.39. The smallest absolute Gasteiger partial charge is 0.118 e. The molecule has 18 heavy (non-hydrogen) atoms. The van der Waals surface area contributed by atoms with Crippen LogP contribution in [0.15, 0.2) is 48.5 Å². The van der Waals surface area contributed by atoms with Gasteiger partial charge in [-0.1, -0.05) is 24.3 Å². The maximum absolute atomic E-state index is 5.14. The van der Waals surface area contributed by atoms with Gasteiger partial charge in [0.25, 0.3) is 0 Å². The van der Waals surface area contributed by atoms with E-state index in [0.29, 0.717) is 0 Å². The first-order valence-electron chi connectivity index (χ1n) is 6.21. The third-order valence-electron chi connectivity index (χ3n) is 2.92. The van der Waals surface area contributed by atoms with Crippen molar-refractivity contribution in [1.29, 1.82) is 0 Å². The van der Waals surface area contributed by atoms with Crippen LogP contribution in [0.2, 0.25) is 0 Å². The molecule has 0 saturated heterocycles. The molecule has 1 N–H and O–H groups in total. The first kappa shape index (κ1) is 12.5. The van der Waals surface area contributed by atoms with E-state index in [4.69, 9.17) is 4.74 Å². The van der Waals surface area contributed by atoms with Crippen LogP contribution in [0, 0.1) is 6.92 Å². The largest absolute Gasteiger partial charge is 0.497 e. The van der Waals surface area contributed by atoms with Crippen LogP contribution in [-0.4, -0.2) is 13.7 Å². The van der Waals surface area contributed by atoms with Gasteiger partial charge in [-0.05, 0) is 48.7 Å². The molecule has 0 aliphatic rings. The molecule has 0 unspecified atom stereocenters. The topological polar surface area (TPSA) is 21.3 Å². The van der Waals surface area contributed by atoms with Crippen molar-refractivity contribution in [1.82, 2.24) is 0 Å². The van der Waals surface area contributed by atoms with Crippen molar-refractivity contribution >= 4 is 5.69 Å². The number of hydrogen-bond donors (Lipinski definition) is 1. The summed E-state index contributed by atoms with van der Waals surface area (Å²) in [4.78, 5) is 0. The minimum Gasteiger partial charge on any atom is -0.497 e. The predicted octanol–water partition coefficient (Wildman–Crippen LogP) is 3.66. The van der Waals surface area contributed by atoms with Gasteiger partial charge >= 0.3 is 0 Å². The molecule has 2 aromatic carbocycles. The molecule has 2 nitrogen and oxygen atoms in total. The van der Waals surface area contributed by atoms with Crippen LogP contribution >= 0.6 is 0 Å². The molecule has 2 aromatic rings. The molecule has 2 rings (SSSR count). The Balaban J connectivity index is 1.84. The van der Waals surface area contributed by atoms with Crippen molar-refractivity contribution in [3.8, 4) is 5.75 Å². The molecule has 0 aromatic heterocycles. The third kappa shape index (κ3) is 3.52. The number of methoxy groups -OCH3 is 1. The molecule has 0 bridgehead atoms. The van der Waals surface area contributed by atoms with E-state index in [1.165, 1.54) is 16.8 Å². The lowest BCUT2D eigenvalue weighted by atomic mass is 10.1. The standard InChI is InChI=1S/C16H19NO/c1-13-4-3-5-15(12-13)17-11-10-14-6-8-16(18-2)9-7-14/h3-9,12,17H,10-11H2,1-2H3. The van der Waals surface area contributed by atoms with Crippen LogP contribution in [0.4, 0.5) is 5.69 Å². The molecule has 0 atom stereocenters. The van der Waals surface area contributed by atoms with Gasteiger partial charge in [0.1, 0.15) is 5.75 Å². The Labute approximate surface area is 109 Å². The zero-order valence-corrected chi connectivity index (χ0v) is 10.9. The number of nitrogens with one attached hydrogen (secondary N) is 1. The Bertz CT molecular complexity index is 491. The molecule has 94 valence electrons. The van der Waals surface area contributed by atoms with E-state index in [2.05, 4.69) is 48.6 Å². The van der Waals surface area contributed by atoms with Gasteiger partial charge in [0, 0.05) is 12.2 Å². The lowest BCUT2D eigenvalue weighted by Gasteiger charge is -2.07. The van der Waals surface area contributed by atoms with Crippen LogP contribution in [0.25, 0.3) is 0 Å². The Kier molecular flexibility index (Phi) is 4.24. The lowest BCUT2D eigenvalue weighted by Crippen LogP contribution is -2.04. The minimum atomic E-state index is 0.908. The van der Waals surface area contributed by atoms with Crippen LogP contribution < -0.4 is 10.1 Å². The molecule has 0 aliphatic heterocycles. The van der Waals surface area contributed by atoms with Gasteiger partial charge in [0.15, 0.2) is 0 Å². The number of benzene rings is 2. The van der Waals surface area contributed by atoms with Crippen molar-refractivity contribution in [3.05, 3.63) is 59.7 Å². The molecule has 0 amide bonds. The van der Waals surface area contributed by atoms with E-state index < -0.39 is 0 Å². The van der Waals surface area contributed by atoms with Gasteiger partial charge in [-0.2, -0.15) is 0 Å². The van der Waals surface area contributed by atoms with Gasteiger partial charge in [0.05, 0.1) is 7.11 Å². The number of anilines is 1. The number of ether oxygens (including phenoxy) is 1. The second-order valence-electron chi connectivity index (χ2n) is 4.39. The molecule has 0 saturated carbocycles. The van der Waals surface area contributed by atoms with Crippen LogP contribution in [0.3, 0.4) is 0 Å². The fraction of sp³-hybridized carbons (Fsp3) is 0.250. The van der Waals surface area contributed by atoms with Gasteiger partial charge in [-0.3, -0.25) is 0 Å². The molecule has 0 heterocycles. The molecule has 0 spiro atoms. The fourth-order valence-corrected chi connectivity index (χ4v) is 1.90. The normalized spacial score (nSPS) is 10.1. The van der Waals surface area contributed by atoms with Gasteiger partial charge in [0.2, 0.25) is 0 Å². The van der Waals surface area contributed by atoms with Crippen molar-refractivity contribution in [3.63, 3.8) is 0 Å². The van der Waals surface area contributed by atoms with Crippen LogP contribution in [0.1, 0.15) is 11.1 Å². The molecular formula is C16H19NO. The van der Waals surface area contributed by atoms with Crippen molar-refractivity contribution in [2.75, 3.05) is 19.0 Å². The Morgan fingerprint density at radius 3 is 2.50 bits per heavy atom. The SMILES string of the molecule is COc1ccc(CCNc2cccc(C)c2)cc1. The molecular weight excluding hydrogens is 222 g/mol. The second kappa shape index (κ2) is 6.10. The average molecular weight is 241 g/mol. The highest BCUT2D eigenvalue weighted by Gasteiger charge is 1.95. The van der Waals surface area contributed by atoms with E-state index in [1.54, 1.807) is 7.11 Å². The first-order chi connectivity index (χ1) is 8.78. The number of aryl methyl sites for hydroxylation is 1. The zero-order chi connectivity index (χ0) is 12.8. The van der Waals surface area contributed by atoms with Crippen LogP contribution in [-0.2, 0) is 6.42 Å². The summed E-state index contributed by atoms with van der Waals surface area (Å²) in [5, 5.41) is 3.43. The van der Waals surface area contributed by atoms with E-state index in [1.807, 2.05) is 12.1 Å². The summed E-state index contributed by atoms with van der Waals surface area (Å²) < 4.78 is 5.14. The summed E-state index contributed by atoms with van der Waals surface area (Å²) in [5.41, 5.74) is 3.78. The van der Waals surface area contributed by atoms with E-state index in [-0.39, 0.29) is 0 Å². The minimum absolute atomic E-state index is 0.908. The summed E-state index contributed by atoms with van der Waals surface area (Å²) in [6.45, 7) is 3.05. The zero-order valence-electron chi connectivity index (χ0n) is 10.9. The highest BCUT2D eigenvalue weighted by molar-refractivity contribution is 5.45. The van der Waals surface area contributed by atoms with Crippen molar-refractivity contribution in [2.24, 2.45) is 0 Å². The number of rotatable bonds is 5. The predicted molar refractivity (Wildman–Crippen MR) is 76.4 cm³/mol. The lowest BCUT2D eigenvalue weighted by molar-refractivity contribution is 0.414. The van der Waals surface area contributed by atoms with E-state index >= 15 is 0 Å². The summed E-state index contributed by atoms with van der Waals surface area (Å²) in [5.74, 6) is 0.908. The summed E-state index contributed by atoms with van der Waals surface area (Å²) >= 11 is 0. The Hall–Kier alpha value is -1.96. The third-order valence-corrected chi connectivity index (χ3v) is 2.92. The molecule has 0 radical (unpaired) electrons. The quantitative estimate of drug-likeness (QED) is 0.862. The van der Waals surface area contributed by atoms with Crippen molar-refractivity contribution < 1.29 is 4.74 Å². The fourth-order valence-electron chi connectivity index (χ4n) is 1.90. The molecule has 2 heteroatoms. The van der Waals surface area contributed by atoms with E-state index in [0.717, 1.165) is 18.7 Å². The first-order valence-corrected chi connectivity index (χ1v) is 6.21. The summed E-state index contributed by atoms with van der Waals surface area (Å²) in [6, 6.07) is 16.7.